The molecule has 0 atom stereocenters. The molecule has 0 saturated carbocycles. The SMILES string of the molecule is N#Cc1c(F)cccc1Oc1nc(Cl)ncc1Br. The maximum absolute atomic E-state index is 13.4. The van der Waals surface area contributed by atoms with Gasteiger partial charge < -0.3 is 4.74 Å². The van der Waals surface area contributed by atoms with Crippen LogP contribution in [-0.2, 0) is 0 Å². The molecule has 0 aliphatic heterocycles. The summed E-state index contributed by atoms with van der Waals surface area (Å²) in [5.41, 5.74) is -0.195. The summed E-state index contributed by atoms with van der Waals surface area (Å²) in [7, 11) is 0. The number of ether oxygens (including phenoxy) is 1. The molecule has 0 bridgehead atoms. The highest BCUT2D eigenvalue weighted by molar-refractivity contribution is 9.10. The molecule has 1 heterocycles. The number of hydrogen-bond donors (Lipinski definition) is 0. The van der Waals surface area contributed by atoms with Gasteiger partial charge in [-0.25, -0.2) is 9.37 Å². The van der Waals surface area contributed by atoms with Gasteiger partial charge in [0.15, 0.2) is 0 Å². The fourth-order valence-corrected chi connectivity index (χ4v) is 1.60. The van der Waals surface area contributed by atoms with Gasteiger partial charge in [0.1, 0.15) is 23.2 Å². The minimum absolute atomic E-state index is 0.0110. The van der Waals surface area contributed by atoms with E-state index in [-0.39, 0.29) is 22.5 Å². The average molecular weight is 329 g/mol. The third-order valence-electron chi connectivity index (χ3n) is 1.98. The zero-order valence-corrected chi connectivity index (χ0v) is 11.0. The second-order valence-corrected chi connectivity index (χ2v) is 4.31. The number of nitriles is 1. The molecule has 7 heteroatoms. The number of rotatable bonds is 2. The molecule has 0 unspecified atom stereocenters. The van der Waals surface area contributed by atoms with Gasteiger partial charge in [-0.2, -0.15) is 10.2 Å². The fraction of sp³-hybridized carbons (Fsp3) is 0. The summed E-state index contributed by atoms with van der Waals surface area (Å²) in [6.07, 6.45) is 1.40. The molecule has 0 radical (unpaired) electrons. The Morgan fingerprint density at radius 3 is 2.94 bits per heavy atom. The van der Waals surface area contributed by atoms with Gasteiger partial charge in [-0.3, -0.25) is 0 Å². The predicted octanol–water partition coefficient (Wildman–Crippen LogP) is 3.70. The molecule has 0 N–H and O–H groups in total. The van der Waals surface area contributed by atoms with Gasteiger partial charge in [-0.15, -0.1) is 0 Å². The van der Waals surface area contributed by atoms with E-state index in [1.807, 2.05) is 0 Å². The highest BCUT2D eigenvalue weighted by Crippen LogP contribution is 2.30. The van der Waals surface area contributed by atoms with Gasteiger partial charge in [-0.1, -0.05) is 6.07 Å². The summed E-state index contributed by atoms with van der Waals surface area (Å²) in [6.45, 7) is 0. The van der Waals surface area contributed by atoms with Gasteiger partial charge in [0.05, 0.1) is 4.47 Å². The van der Waals surface area contributed by atoms with E-state index in [1.165, 1.54) is 24.4 Å². The third kappa shape index (κ3) is 2.58. The smallest absolute Gasteiger partial charge is 0.238 e. The molecular weight excluding hydrogens is 324 g/mol. The number of aromatic nitrogens is 2. The molecule has 0 saturated heterocycles. The molecular formula is C11H4BrClFN3O. The van der Waals surface area contributed by atoms with Crippen LogP contribution in [0, 0.1) is 17.1 Å². The standard InChI is InChI=1S/C11H4BrClFN3O/c12-7-5-16-11(13)17-10(7)18-9-3-1-2-8(14)6(9)4-15/h1-3,5H. The van der Waals surface area contributed by atoms with Crippen LogP contribution in [0.5, 0.6) is 11.6 Å². The van der Waals surface area contributed by atoms with Crippen molar-refractivity contribution in [2.24, 2.45) is 0 Å². The molecule has 1 aromatic carbocycles. The Kier molecular flexibility index (Phi) is 3.75. The van der Waals surface area contributed by atoms with E-state index in [1.54, 1.807) is 6.07 Å². The number of hydrogen-bond acceptors (Lipinski definition) is 4. The van der Waals surface area contributed by atoms with Crippen LogP contribution in [0.25, 0.3) is 0 Å². The molecule has 0 amide bonds. The Bertz CT molecular complexity index is 645. The normalized spacial score (nSPS) is 9.89. The first-order chi connectivity index (χ1) is 8.61. The van der Waals surface area contributed by atoms with Gasteiger partial charge >= 0.3 is 0 Å². The van der Waals surface area contributed by atoms with Gasteiger partial charge in [0.2, 0.25) is 11.2 Å². The number of nitrogens with zero attached hydrogens (tertiary/aromatic N) is 3. The van der Waals surface area contributed by atoms with E-state index in [2.05, 4.69) is 25.9 Å². The second-order valence-electron chi connectivity index (χ2n) is 3.12. The number of halogens is 3. The third-order valence-corrected chi connectivity index (χ3v) is 2.70. The van der Waals surface area contributed by atoms with Crippen molar-refractivity contribution in [3.63, 3.8) is 0 Å². The van der Waals surface area contributed by atoms with Crippen molar-refractivity contribution in [3.8, 4) is 17.7 Å². The molecule has 1 aromatic heterocycles. The fourth-order valence-electron chi connectivity index (χ4n) is 1.20. The molecule has 18 heavy (non-hydrogen) atoms. The van der Waals surface area contributed by atoms with Crippen LogP contribution in [0.1, 0.15) is 5.56 Å². The summed E-state index contributed by atoms with van der Waals surface area (Å²) in [5.74, 6) is -0.489. The van der Waals surface area contributed by atoms with E-state index < -0.39 is 5.82 Å². The van der Waals surface area contributed by atoms with Crippen LogP contribution in [0.4, 0.5) is 4.39 Å². The molecule has 2 aromatic rings. The minimum atomic E-state index is -0.661. The molecule has 0 spiro atoms. The van der Waals surface area contributed by atoms with E-state index in [4.69, 9.17) is 21.6 Å². The molecule has 0 aliphatic carbocycles. The van der Waals surface area contributed by atoms with Crippen molar-refractivity contribution in [2.45, 2.75) is 0 Å². The summed E-state index contributed by atoms with van der Waals surface area (Å²) in [5, 5.41) is 8.85. The highest BCUT2D eigenvalue weighted by atomic mass is 79.9. The second kappa shape index (κ2) is 5.29. The lowest BCUT2D eigenvalue weighted by Gasteiger charge is -2.08. The average Bonchev–Trinajstić information content (AvgIpc) is 2.34. The summed E-state index contributed by atoms with van der Waals surface area (Å²) < 4.78 is 19.2. The van der Waals surface area contributed by atoms with Gasteiger partial charge in [0, 0.05) is 6.20 Å². The summed E-state index contributed by atoms with van der Waals surface area (Å²) in [4.78, 5) is 7.56. The van der Waals surface area contributed by atoms with E-state index in [0.717, 1.165) is 0 Å². The molecule has 4 nitrogen and oxygen atoms in total. The lowest BCUT2D eigenvalue weighted by atomic mass is 10.2. The van der Waals surface area contributed by atoms with Gasteiger partial charge in [-0.05, 0) is 39.7 Å². The first-order valence-corrected chi connectivity index (χ1v) is 5.83. The van der Waals surface area contributed by atoms with Crippen molar-refractivity contribution in [2.75, 3.05) is 0 Å². The highest BCUT2D eigenvalue weighted by Gasteiger charge is 2.13. The molecule has 0 fully saturated rings. The van der Waals surface area contributed by atoms with Crippen molar-refractivity contribution in [1.82, 2.24) is 9.97 Å². The van der Waals surface area contributed by atoms with Crippen LogP contribution < -0.4 is 4.74 Å². The lowest BCUT2D eigenvalue weighted by Crippen LogP contribution is -1.95. The quantitative estimate of drug-likeness (QED) is 0.789. The zero-order chi connectivity index (χ0) is 13.1. The Morgan fingerprint density at radius 1 is 1.44 bits per heavy atom. The first-order valence-electron chi connectivity index (χ1n) is 4.66. The summed E-state index contributed by atoms with van der Waals surface area (Å²) in [6, 6.07) is 5.80. The topological polar surface area (TPSA) is 58.8 Å². The van der Waals surface area contributed by atoms with Crippen molar-refractivity contribution < 1.29 is 9.13 Å². The Morgan fingerprint density at radius 2 is 2.22 bits per heavy atom. The van der Waals surface area contributed by atoms with Crippen LogP contribution in [0.2, 0.25) is 5.28 Å². The first kappa shape index (κ1) is 12.7. The van der Waals surface area contributed by atoms with Crippen LogP contribution in [0.3, 0.4) is 0 Å². The Labute approximate surface area is 115 Å². The number of benzene rings is 1. The van der Waals surface area contributed by atoms with Crippen LogP contribution in [-0.4, -0.2) is 9.97 Å². The molecule has 0 aliphatic rings. The van der Waals surface area contributed by atoms with E-state index in [0.29, 0.717) is 4.47 Å². The monoisotopic (exact) mass is 327 g/mol. The maximum atomic E-state index is 13.4. The largest absolute Gasteiger partial charge is 0.436 e. The van der Waals surface area contributed by atoms with Crippen molar-refractivity contribution in [1.29, 1.82) is 5.26 Å². The van der Waals surface area contributed by atoms with E-state index in [9.17, 15) is 4.39 Å². The molecule has 90 valence electrons. The van der Waals surface area contributed by atoms with Crippen molar-refractivity contribution in [3.05, 3.63) is 45.5 Å². The Balaban J connectivity index is 2.44. The van der Waals surface area contributed by atoms with Crippen LogP contribution >= 0.6 is 27.5 Å². The van der Waals surface area contributed by atoms with Gasteiger partial charge in [0.25, 0.3) is 0 Å². The lowest BCUT2D eigenvalue weighted by molar-refractivity contribution is 0.451. The minimum Gasteiger partial charge on any atom is -0.436 e. The zero-order valence-electron chi connectivity index (χ0n) is 8.69. The predicted molar refractivity (Wildman–Crippen MR) is 65.9 cm³/mol. The Hall–Kier alpha value is -1.71. The molecule has 2 rings (SSSR count). The summed E-state index contributed by atoms with van der Waals surface area (Å²) >= 11 is 8.79. The van der Waals surface area contributed by atoms with Crippen LogP contribution in [0.15, 0.2) is 28.9 Å². The van der Waals surface area contributed by atoms with Crippen molar-refractivity contribution >= 4 is 27.5 Å². The van der Waals surface area contributed by atoms with E-state index >= 15 is 0 Å². The maximum Gasteiger partial charge on any atom is 0.238 e.